The number of anilines is 1. The van der Waals surface area contributed by atoms with Gasteiger partial charge >= 0.3 is 6.03 Å². The number of amides is 2. The zero-order valence-electron chi connectivity index (χ0n) is 11.4. The zero-order valence-corrected chi connectivity index (χ0v) is 11.4. The summed E-state index contributed by atoms with van der Waals surface area (Å²) in [5.74, 6) is 0. The van der Waals surface area contributed by atoms with E-state index in [1.54, 1.807) is 10.9 Å². The molecular formula is C14H18N4O. The first-order chi connectivity index (χ1) is 9.04. The number of nitrogens with one attached hydrogen (secondary N) is 2. The van der Waals surface area contributed by atoms with Gasteiger partial charge in [0, 0.05) is 31.0 Å². The summed E-state index contributed by atoms with van der Waals surface area (Å²) < 4.78 is 1.71. The lowest BCUT2D eigenvalue weighted by Gasteiger charge is -2.09. The molecule has 0 aliphatic rings. The van der Waals surface area contributed by atoms with E-state index < -0.39 is 0 Å². The molecular weight excluding hydrogens is 240 g/mol. The molecule has 2 rings (SSSR count). The van der Waals surface area contributed by atoms with Crippen molar-refractivity contribution in [3.8, 4) is 0 Å². The first kappa shape index (κ1) is 13.1. The Kier molecular flexibility index (Phi) is 3.85. The van der Waals surface area contributed by atoms with E-state index in [1.165, 1.54) is 5.56 Å². The first-order valence-electron chi connectivity index (χ1n) is 6.14. The van der Waals surface area contributed by atoms with Gasteiger partial charge in [0.2, 0.25) is 0 Å². The van der Waals surface area contributed by atoms with Crippen LogP contribution in [-0.4, -0.2) is 15.8 Å². The topological polar surface area (TPSA) is 59.0 Å². The lowest BCUT2D eigenvalue weighted by molar-refractivity contribution is 0.251. The second-order valence-corrected chi connectivity index (χ2v) is 4.65. The van der Waals surface area contributed by atoms with Gasteiger partial charge in [0.05, 0.1) is 6.20 Å². The van der Waals surface area contributed by atoms with Crippen molar-refractivity contribution in [3.63, 3.8) is 0 Å². The van der Waals surface area contributed by atoms with Crippen LogP contribution in [0.15, 0.2) is 30.6 Å². The van der Waals surface area contributed by atoms with Crippen molar-refractivity contribution in [1.29, 1.82) is 0 Å². The quantitative estimate of drug-likeness (QED) is 0.888. The van der Waals surface area contributed by atoms with Crippen molar-refractivity contribution >= 4 is 11.7 Å². The third-order valence-corrected chi connectivity index (χ3v) is 2.84. The molecule has 0 saturated heterocycles. The minimum atomic E-state index is -0.212. The van der Waals surface area contributed by atoms with Crippen LogP contribution in [0.5, 0.6) is 0 Å². The highest BCUT2D eigenvalue weighted by molar-refractivity contribution is 5.90. The molecule has 0 bridgehead atoms. The van der Waals surface area contributed by atoms with Crippen LogP contribution in [0, 0.1) is 13.8 Å². The molecule has 0 aliphatic carbocycles. The molecule has 1 aromatic heterocycles. The Hall–Kier alpha value is -2.30. The molecule has 2 aromatic rings. The maximum atomic E-state index is 11.8. The molecule has 0 unspecified atom stereocenters. The number of rotatable bonds is 3. The van der Waals surface area contributed by atoms with E-state index in [4.69, 9.17) is 0 Å². The largest absolute Gasteiger partial charge is 0.334 e. The van der Waals surface area contributed by atoms with Gasteiger partial charge in [-0.3, -0.25) is 4.68 Å². The van der Waals surface area contributed by atoms with E-state index in [0.29, 0.717) is 6.54 Å². The molecule has 5 nitrogen and oxygen atoms in total. The predicted octanol–water partition coefficient (Wildman–Crippen LogP) is 2.36. The second-order valence-electron chi connectivity index (χ2n) is 4.65. The fraction of sp³-hybridized carbons (Fsp3) is 0.286. The number of carbonyl (C=O) groups is 1. The van der Waals surface area contributed by atoms with Crippen LogP contribution in [0.2, 0.25) is 0 Å². The highest BCUT2D eigenvalue weighted by Gasteiger charge is 2.04. The Balaban J connectivity index is 1.90. The third kappa shape index (κ3) is 3.58. The van der Waals surface area contributed by atoms with Crippen LogP contribution in [0.25, 0.3) is 0 Å². The summed E-state index contributed by atoms with van der Waals surface area (Å²) in [4.78, 5) is 11.8. The molecule has 0 atom stereocenters. The van der Waals surface area contributed by atoms with Gasteiger partial charge in [0.1, 0.15) is 0 Å². The molecule has 2 amide bonds. The van der Waals surface area contributed by atoms with Gasteiger partial charge in [-0.25, -0.2) is 4.79 Å². The van der Waals surface area contributed by atoms with Crippen LogP contribution >= 0.6 is 0 Å². The summed E-state index contributed by atoms with van der Waals surface area (Å²) in [5, 5.41) is 9.68. The van der Waals surface area contributed by atoms with Gasteiger partial charge < -0.3 is 10.6 Å². The van der Waals surface area contributed by atoms with Crippen LogP contribution in [0.1, 0.15) is 16.7 Å². The smallest absolute Gasteiger partial charge is 0.319 e. The van der Waals surface area contributed by atoms with Crippen LogP contribution in [-0.2, 0) is 13.6 Å². The molecule has 100 valence electrons. The molecule has 0 saturated carbocycles. The normalized spacial score (nSPS) is 10.3. The van der Waals surface area contributed by atoms with E-state index in [2.05, 4.69) is 15.7 Å². The number of benzene rings is 1. The molecule has 5 heteroatoms. The minimum absolute atomic E-state index is 0.212. The van der Waals surface area contributed by atoms with Crippen LogP contribution < -0.4 is 10.6 Å². The van der Waals surface area contributed by atoms with Gasteiger partial charge in [0.15, 0.2) is 0 Å². The molecule has 0 spiro atoms. The predicted molar refractivity (Wildman–Crippen MR) is 75.0 cm³/mol. The summed E-state index contributed by atoms with van der Waals surface area (Å²) >= 11 is 0. The fourth-order valence-corrected chi connectivity index (χ4v) is 1.87. The number of hydrogen-bond donors (Lipinski definition) is 2. The fourth-order valence-electron chi connectivity index (χ4n) is 1.87. The molecule has 0 aliphatic heterocycles. The van der Waals surface area contributed by atoms with E-state index in [1.807, 2.05) is 45.3 Å². The van der Waals surface area contributed by atoms with Gasteiger partial charge in [-0.2, -0.15) is 5.10 Å². The van der Waals surface area contributed by atoms with Crippen molar-refractivity contribution in [2.24, 2.45) is 7.05 Å². The highest BCUT2D eigenvalue weighted by Crippen LogP contribution is 2.15. The summed E-state index contributed by atoms with van der Waals surface area (Å²) in [5.41, 5.74) is 4.03. The maximum absolute atomic E-state index is 11.8. The number of hydrogen-bond acceptors (Lipinski definition) is 2. The summed E-state index contributed by atoms with van der Waals surface area (Å²) in [6.07, 6.45) is 3.61. The molecule has 0 radical (unpaired) electrons. The highest BCUT2D eigenvalue weighted by atomic mass is 16.2. The van der Waals surface area contributed by atoms with Crippen molar-refractivity contribution < 1.29 is 4.79 Å². The van der Waals surface area contributed by atoms with E-state index in [9.17, 15) is 4.79 Å². The molecule has 2 N–H and O–H groups in total. The van der Waals surface area contributed by atoms with E-state index in [-0.39, 0.29) is 6.03 Å². The number of nitrogens with zero attached hydrogens (tertiary/aromatic N) is 2. The maximum Gasteiger partial charge on any atom is 0.319 e. The van der Waals surface area contributed by atoms with Crippen molar-refractivity contribution in [2.75, 3.05) is 5.32 Å². The average Bonchev–Trinajstić information content (AvgIpc) is 2.76. The Morgan fingerprint density at radius 3 is 2.79 bits per heavy atom. The van der Waals surface area contributed by atoms with Gasteiger partial charge in [-0.05, 0) is 25.5 Å². The minimum Gasteiger partial charge on any atom is -0.334 e. The van der Waals surface area contributed by atoms with Gasteiger partial charge in [-0.15, -0.1) is 0 Å². The van der Waals surface area contributed by atoms with Crippen molar-refractivity contribution in [1.82, 2.24) is 15.1 Å². The second kappa shape index (κ2) is 5.56. The van der Waals surface area contributed by atoms with Gasteiger partial charge in [-0.1, -0.05) is 17.7 Å². The monoisotopic (exact) mass is 258 g/mol. The first-order valence-corrected chi connectivity index (χ1v) is 6.14. The lowest BCUT2D eigenvalue weighted by Crippen LogP contribution is -2.28. The summed E-state index contributed by atoms with van der Waals surface area (Å²) in [6.45, 7) is 4.47. The SMILES string of the molecule is Cc1ccc(NC(=O)NCc2cnn(C)c2)c(C)c1. The summed E-state index contributed by atoms with van der Waals surface area (Å²) in [6, 6.07) is 5.71. The van der Waals surface area contributed by atoms with E-state index >= 15 is 0 Å². The molecule has 1 heterocycles. The lowest BCUT2D eigenvalue weighted by atomic mass is 10.1. The van der Waals surface area contributed by atoms with Gasteiger partial charge in [0.25, 0.3) is 0 Å². The average molecular weight is 258 g/mol. The summed E-state index contributed by atoms with van der Waals surface area (Å²) in [7, 11) is 1.85. The number of carbonyl (C=O) groups excluding carboxylic acids is 1. The van der Waals surface area contributed by atoms with Crippen LogP contribution in [0.3, 0.4) is 0 Å². The molecule has 0 fully saturated rings. The zero-order chi connectivity index (χ0) is 13.8. The molecule has 19 heavy (non-hydrogen) atoms. The Labute approximate surface area is 112 Å². The Morgan fingerprint density at radius 1 is 1.37 bits per heavy atom. The molecule has 1 aromatic carbocycles. The van der Waals surface area contributed by atoms with Crippen molar-refractivity contribution in [2.45, 2.75) is 20.4 Å². The number of urea groups is 1. The number of aromatic nitrogens is 2. The Bertz CT molecular complexity index is 589. The van der Waals surface area contributed by atoms with Crippen molar-refractivity contribution in [3.05, 3.63) is 47.3 Å². The standard InChI is InChI=1S/C14H18N4O/c1-10-4-5-13(11(2)6-10)17-14(19)15-7-12-8-16-18(3)9-12/h4-6,8-9H,7H2,1-3H3,(H2,15,17,19). The van der Waals surface area contributed by atoms with E-state index in [0.717, 1.165) is 16.8 Å². The van der Waals surface area contributed by atoms with Crippen LogP contribution in [0.4, 0.5) is 10.5 Å². The number of aryl methyl sites for hydroxylation is 3. The third-order valence-electron chi connectivity index (χ3n) is 2.84. The Morgan fingerprint density at radius 2 is 2.16 bits per heavy atom.